The van der Waals surface area contributed by atoms with Crippen molar-refractivity contribution in [2.45, 2.75) is 44.8 Å². The Kier molecular flexibility index (Phi) is 3.33. The van der Waals surface area contributed by atoms with Gasteiger partial charge in [-0.2, -0.15) is 4.98 Å². The minimum atomic E-state index is 0.289. The molecule has 1 aliphatic rings. The van der Waals surface area contributed by atoms with Gasteiger partial charge in [-0.05, 0) is 26.2 Å². The van der Waals surface area contributed by atoms with E-state index >= 15 is 0 Å². The van der Waals surface area contributed by atoms with Crippen LogP contribution in [-0.2, 0) is 11.3 Å². The van der Waals surface area contributed by atoms with E-state index in [1.54, 1.807) is 0 Å². The van der Waals surface area contributed by atoms with Gasteiger partial charge in [-0.25, -0.2) is 0 Å². The number of hydrogen-bond acceptors (Lipinski definition) is 5. The summed E-state index contributed by atoms with van der Waals surface area (Å²) >= 11 is 0. The third kappa shape index (κ3) is 2.54. The molecule has 5 heteroatoms. The van der Waals surface area contributed by atoms with Crippen molar-refractivity contribution in [2.75, 3.05) is 6.61 Å². The second-order valence-corrected chi connectivity index (χ2v) is 3.96. The molecule has 15 heavy (non-hydrogen) atoms. The lowest BCUT2D eigenvalue weighted by Crippen LogP contribution is -2.14. The second kappa shape index (κ2) is 4.72. The number of nitrogens with zero attached hydrogens (tertiary/aromatic N) is 2. The van der Waals surface area contributed by atoms with E-state index in [0.29, 0.717) is 25.0 Å². The molecule has 2 N–H and O–H groups in total. The van der Waals surface area contributed by atoms with E-state index in [1.165, 1.54) is 0 Å². The number of rotatable bonds is 4. The molecule has 1 fully saturated rings. The van der Waals surface area contributed by atoms with Crippen molar-refractivity contribution in [3.8, 4) is 0 Å². The van der Waals surface area contributed by atoms with E-state index < -0.39 is 0 Å². The summed E-state index contributed by atoms with van der Waals surface area (Å²) in [5.74, 6) is 1.70. The molecular formula is C10H17N3O2. The summed E-state index contributed by atoms with van der Waals surface area (Å²) in [5.41, 5.74) is 5.83. The molecule has 0 spiro atoms. The van der Waals surface area contributed by atoms with Gasteiger partial charge in [0.1, 0.15) is 6.61 Å². The summed E-state index contributed by atoms with van der Waals surface area (Å²) < 4.78 is 10.4. The first-order valence-corrected chi connectivity index (χ1v) is 5.45. The van der Waals surface area contributed by atoms with Crippen LogP contribution in [0.4, 0.5) is 0 Å². The van der Waals surface area contributed by atoms with Gasteiger partial charge in [0.05, 0.1) is 0 Å². The average molecular weight is 211 g/mol. The molecular weight excluding hydrogens is 194 g/mol. The van der Waals surface area contributed by atoms with Crippen LogP contribution in [0.2, 0.25) is 0 Å². The van der Waals surface area contributed by atoms with E-state index in [4.69, 9.17) is 15.0 Å². The normalized spacial score (nSPS) is 26.0. The quantitative estimate of drug-likeness (QED) is 0.810. The van der Waals surface area contributed by atoms with E-state index in [2.05, 4.69) is 10.1 Å². The van der Waals surface area contributed by atoms with Crippen LogP contribution >= 0.6 is 0 Å². The number of aromatic nitrogens is 2. The Morgan fingerprint density at radius 3 is 3.07 bits per heavy atom. The highest BCUT2D eigenvalue weighted by molar-refractivity contribution is 4.98. The highest BCUT2D eigenvalue weighted by Gasteiger charge is 2.27. The van der Waals surface area contributed by atoms with Crippen molar-refractivity contribution >= 4 is 0 Å². The van der Waals surface area contributed by atoms with Gasteiger partial charge in [-0.3, -0.25) is 0 Å². The molecule has 1 aromatic heterocycles. The van der Waals surface area contributed by atoms with Gasteiger partial charge in [0.15, 0.2) is 5.82 Å². The van der Waals surface area contributed by atoms with Crippen molar-refractivity contribution in [3.05, 3.63) is 11.7 Å². The van der Waals surface area contributed by atoms with Crippen LogP contribution < -0.4 is 5.73 Å². The zero-order valence-corrected chi connectivity index (χ0v) is 8.98. The molecule has 0 amide bonds. The molecule has 84 valence electrons. The van der Waals surface area contributed by atoms with Crippen LogP contribution in [0.3, 0.4) is 0 Å². The second-order valence-electron chi connectivity index (χ2n) is 3.96. The van der Waals surface area contributed by atoms with E-state index in [9.17, 15) is 0 Å². The summed E-state index contributed by atoms with van der Waals surface area (Å²) in [7, 11) is 0. The standard InChI is InChI=1S/C10H17N3O2/c1-2-14-6-9-12-10(15-13-9)7-3-4-8(11)5-7/h7-8H,2-6,11H2,1H3/t7-,8+/m1/s1. The van der Waals surface area contributed by atoms with Crippen molar-refractivity contribution in [1.29, 1.82) is 0 Å². The molecule has 5 nitrogen and oxygen atoms in total. The molecule has 1 aliphatic carbocycles. The van der Waals surface area contributed by atoms with Gasteiger partial charge in [0, 0.05) is 18.6 Å². The first kappa shape index (κ1) is 10.6. The van der Waals surface area contributed by atoms with Crippen molar-refractivity contribution in [3.63, 3.8) is 0 Å². The Morgan fingerprint density at radius 1 is 1.53 bits per heavy atom. The van der Waals surface area contributed by atoms with Crippen LogP contribution in [0.25, 0.3) is 0 Å². The summed E-state index contributed by atoms with van der Waals surface area (Å²) in [6.07, 6.45) is 3.06. The molecule has 1 heterocycles. The Hall–Kier alpha value is -0.940. The van der Waals surface area contributed by atoms with Gasteiger partial charge in [0.25, 0.3) is 0 Å². The zero-order valence-electron chi connectivity index (χ0n) is 8.98. The molecule has 0 saturated heterocycles. The maximum Gasteiger partial charge on any atom is 0.229 e. The van der Waals surface area contributed by atoms with E-state index in [1.807, 2.05) is 6.92 Å². The third-order valence-corrected chi connectivity index (χ3v) is 2.74. The van der Waals surface area contributed by atoms with Crippen LogP contribution in [0.5, 0.6) is 0 Å². The smallest absolute Gasteiger partial charge is 0.229 e. The summed E-state index contributed by atoms with van der Waals surface area (Å²) in [6, 6.07) is 0.289. The molecule has 2 rings (SSSR count). The maximum absolute atomic E-state index is 5.83. The Balaban J connectivity index is 1.94. The lowest BCUT2D eigenvalue weighted by atomic mass is 10.1. The molecule has 0 unspecified atom stereocenters. The Morgan fingerprint density at radius 2 is 2.40 bits per heavy atom. The first-order chi connectivity index (χ1) is 7.29. The van der Waals surface area contributed by atoms with Crippen molar-refractivity contribution in [1.82, 2.24) is 10.1 Å². The predicted octanol–water partition coefficient (Wildman–Crippen LogP) is 1.20. The fourth-order valence-electron chi connectivity index (χ4n) is 1.93. The highest BCUT2D eigenvalue weighted by atomic mass is 16.5. The van der Waals surface area contributed by atoms with Gasteiger partial charge in [-0.1, -0.05) is 5.16 Å². The molecule has 0 bridgehead atoms. The van der Waals surface area contributed by atoms with Crippen LogP contribution in [-0.4, -0.2) is 22.8 Å². The van der Waals surface area contributed by atoms with Crippen molar-refractivity contribution in [2.24, 2.45) is 5.73 Å². The van der Waals surface area contributed by atoms with Crippen molar-refractivity contribution < 1.29 is 9.26 Å². The minimum absolute atomic E-state index is 0.289. The summed E-state index contributed by atoms with van der Waals surface area (Å²) in [5, 5.41) is 3.87. The lowest BCUT2D eigenvalue weighted by Gasteiger charge is -2.01. The van der Waals surface area contributed by atoms with Gasteiger partial charge < -0.3 is 15.0 Å². The topological polar surface area (TPSA) is 74.2 Å². The number of ether oxygens (including phenoxy) is 1. The minimum Gasteiger partial charge on any atom is -0.374 e. The fourth-order valence-corrected chi connectivity index (χ4v) is 1.93. The molecule has 0 aliphatic heterocycles. The largest absolute Gasteiger partial charge is 0.374 e. The average Bonchev–Trinajstić information content (AvgIpc) is 2.83. The van der Waals surface area contributed by atoms with Crippen LogP contribution in [0.1, 0.15) is 43.8 Å². The first-order valence-electron chi connectivity index (χ1n) is 5.45. The Labute approximate surface area is 89.0 Å². The highest BCUT2D eigenvalue weighted by Crippen LogP contribution is 2.32. The van der Waals surface area contributed by atoms with E-state index in [0.717, 1.165) is 25.2 Å². The predicted molar refractivity (Wildman–Crippen MR) is 54.2 cm³/mol. The molecule has 0 aromatic carbocycles. The number of hydrogen-bond donors (Lipinski definition) is 1. The lowest BCUT2D eigenvalue weighted by molar-refractivity contribution is 0.126. The van der Waals surface area contributed by atoms with Crippen LogP contribution in [0.15, 0.2) is 4.52 Å². The SMILES string of the molecule is CCOCc1noc([C@@H]2CC[C@H](N)C2)n1. The molecule has 2 atom stereocenters. The third-order valence-electron chi connectivity index (χ3n) is 2.74. The molecule has 1 saturated carbocycles. The van der Waals surface area contributed by atoms with E-state index in [-0.39, 0.29) is 6.04 Å². The van der Waals surface area contributed by atoms with Crippen LogP contribution in [0, 0.1) is 0 Å². The van der Waals surface area contributed by atoms with Gasteiger partial charge in [-0.15, -0.1) is 0 Å². The fraction of sp³-hybridized carbons (Fsp3) is 0.800. The summed E-state index contributed by atoms with van der Waals surface area (Å²) in [4.78, 5) is 4.31. The molecule has 0 radical (unpaired) electrons. The zero-order chi connectivity index (χ0) is 10.7. The molecule has 1 aromatic rings. The number of nitrogens with two attached hydrogens (primary N) is 1. The maximum atomic E-state index is 5.83. The Bertz CT molecular complexity index is 313. The summed E-state index contributed by atoms with van der Waals surface area (Å²) in [6.45, 7) is 3.04. The monoisotopic (exact) mass is 211 g/mol. The van der Waals surface area contributed by atoms with Gasteiger partial charge >= 0.3 is 0 Å². The van der Waals surface area contributed by atoms with Gasteiger partial charge in [0.2, 0.25) is 5.89 Å².